The third-order valence-electron chi connectivity index (χ3n) is 3.53. The normalized spacial score (nSPS) is 10.9. The Labute approximate surface area is 129 Å². The Morgan fingerprint density at radius 2 is 1.81 bits per heavy atom. The van der Waals surface area contributed by atoms with Gasteiger partial charge in [-0.3, -0.25) is 4.79 Å². The van der Waals surface area contributed by atoms with Crippen LogP contribution in [0.1, 0.15) is 58.4 Å². The van der Waals surface area contributed by atoms with Crippen LogP contribution >= 0.6 is 0 Å². The van der Waals surface area contributed by atoms with Crippen molar-refractivity contribution in [3.05, 3.63) is 29.8 Å². The molecule has 3 nitrogen and oxygen atoms in total. The summed E-state index contributed by atoms with van der Waals surface area (Å²) in [4.78, 5) is 11.2. The minimum absolute atomic E-state index is 0.0207. The summed E-state index contributed by atoms with van der Waals surface area (Å²) in [5.74, 6) is 0.806. The van der Waals surface area contributed by atoms with Crippen LogP contribution in [-0.4, -0.2) is 12.5 Å². The molecule has 1 rings (SSSR count). The second-order valence-corrected chi connectivity index (χ2v) is 6.11. The van der Waals surface area contributed by atoms with E-state index in [0.717, 1.165) is 30.3 Å². The highest BCUT2D eigenvalue weighted by molar-refractivity contribution is 5.89. The lowest BCUT2D eigenvalue weighted by Gasteiger charge is -2.11. The first-order valence-electron chi connectivity index (χ1n) is 8.16. The minimum atomic E-state index is -0.0207. The fourth-order valence-corrected chi connectivity index (χ4v) is 2.37. The van der Waals surface area contributed by atoms with Gasteiger partial charge in [-0.2, -0.15) is 0 Å². The van der Waals surface area contributed by atoms with Gasteiger partial charge in [0, 0.05) is 19.2 Å². The van der Waals surface area contributed by atoms with E-state index in [1.165, 1.54) is 32.1 Å². The van der Waals surface area contributed by atoms with Crippen molar-refractivity contribution in [2.75, 3.05) is 11.9 Å². The minimum Gasteiger partial charge on any atom is -0.326 e. The number of hydrogen-bond acceptors (Lipinski definition) is 2. The molecule has 0 heterocycles. The lowest BCUT2D eigenvalue weighted by molar-refractivity contribution is -0.114. The van der Waals surface area contributed by atoms with Gasteiger partial charge in [-0.25, -0.2) is 0 Å². The number of hydrogen-bond donors (Lipinski definition) is 2. The summed E-state index contributed by atoms with van der Waals surface area (Å²) >= 11 is 0. The van der Waals surface area contributed by atoms with Crippen LogP contribution in [0, 0.1) is 5.92 Å². The molecule has 3 heteroatoms. The average molecular weight is 290 g/mol. The average Bonchev–Trinajstić information content (AvgIpc) is 2.42. The van der Waals surface area contributed by atoms with Crippen LogP contribution in [0.15, 0.2) is 24.3 Å². The molecule has 0 spiro atoms. The molecular formula is C18H30N2O. The van der Waals surface area contributed by atoms with E-state index >= 15 is 0 Å². The number of rotatable bonds is 10. The molecule has 0 aromatic heterocycles. The van der Waals surface area contributed by atoms with Gasteiger partial charge in [0.15, 0.2) is 0 Å². The number of anilines is 1. The fourth-order valence-electron chi connectivity index (χ4n) is 2.37. The second-order valence-electron chi connectivity index (χ2n) is 6.11. The van der Waals surface area contributed by atoms with Crippen molar-refractivity contribution >= 4 is 11.6 Å². The second kappa shape index (κ2) is 10.4. The molecule has 0 radical (unpaired) electrons. The molecule has 0 aliphatic rings. The highest BCUT2D eigenvalue weighted by atomic mass is 16.1. The molecule has 21 heavy (non-hydrogen) atoms. The summed E-state index contributed by atoms with van der Waals surface area (Å²) in [7, 11) is 0. The standard InChI is InChI=1S/C18H30N2O/c1-15(2)10-6-4-5-9-13-19-14-17-11-7-8-12-18(17)20-16(3)21/h7-8,11-12,15,19H,4-6,9-10,13-14H2,1-3H3,(H,20,21). The van der Waals surface area contributed by atoms with Crippen LogP contribution < -0.4 is 10.6 Å². The maximum absolute atomic E-state index is 11.2. The molecule has 0 atom stereocenters. The van der Waals surface area contributed by atoms with Crippen molar-refractivity contribution in [3.63, 3.8) is 0 Å². The summed E-state index contributed by atoms with van der Waals surface area (Å²) in [5.41, 5.74) is 2.06. The Morgan fingerprint density at radius 1 is 1.10 bits per heavy atom. The van der Waals surface area contributed by atoms with Gasteiger partial charge in [0.05, 0.1) is 0 Å². The Morgan fingerprint density at radius 3 is 2.52 bits per heavy atom. The molecule has 0 aliphatic heterocycles. The van der Waals surface area contributed by atoms with Gasteiger partial charge in [-0.05, 0) is 30.5 Å². The van der Waals surface area contributed by atoms with Crippen molar-refractivity contribution in [1.29, 1.82) is 0 Å². The molecule has 0 aliphatic carbocycles. The molecule has 1 amide bonds. The quantitative estimate of drug-likeness (QED) is 0.629. The van der Waals surface area contributed by atoms with Gasteiger partial charge in [-0.15, -0.1) is 0 Å². The number of amides is 1. The molecule has 0 unspecified atom stereocenters. The summed E-state index contributed by atoms with van der Waals surface area (Å²) in [6.45, 7) is 7.96. The highest BCUT2D eigenvalue weighted by Crippen LogP contribution is 2.14. The van der Waals surface area contributed by atoms with Gasteiger partial charge in [0.25, 0.3) is 0 Å². The maximum Gasteiger partial charge on any atom is 0.221 e. The molecule has 118 valence electrons. The van der Waals surface area contributed by atoms with Crippen LogP contribution in [-0.2, 0) is 11.3 Å². The largest absolute Gasteiger partial charge is 0.326 e. The van der Waals surface area contributed by atoms with E-state index in [9.17, 15) is 4.79 Å². The molecule has 2 N–H and O–H groups in total. The number of benzene rings is 1. The maximum atomic E-state index is 11.2. The molecule has 0 saturated heterocycles. The number of para-hydroxylation sites is 1. The van der Waals surface area contributed by atoms with Gasteiger partial charge in [-0.1, -0.05) is 57.7 Å². The molecular weight excluding hydrogens is 260 g/mol. The number of carbonyl (C=O) groups excluding carboxylic acids is 1. The van der Waals surface area contributed by atoms with Gasteiger partial charge in [0.1, 0.15) is 0 Å². The van der Waals surface area contributed by atoms with E-state index in [2.05, 4.69) is 30.5 Å². The van der Waals surface area contributed by atoms with E-state index < -0.39 is 0 Å². The summed E-state index contributed by atoms with van der Waals surface area (Å²) in [6.07, 6.45) is 6.55. The summed E-state index contributed by atoms with van der Waals surface area (Å²) in [6, 6.07) is 7.96. The summed E-state index contributed by atoms with van der Waals surface area (Å²) in [5, 5.41) is 6.34. The van der Waals surface area contributed by atoms with E-state index in [1.807, 2.05) is 18.2 Å². The van der Waals surface area contributed by atoms with Crippen LogP contribution in [0.4, 0.5) is 5.69 Å². The summed E-state index contributed by atoms with van der Waals surface area (Å²) < 4.78 is 0. The molecule has 0 bridgehead atoms. The molecule has 1 aromatic rings. The van der Waals surface area contributed by atoms with Crippen molar-refractivity contribution in [2.24, 2.45) is 5.92 Å². The van der Waals surface area contributed by atoms with Crippen molar-refractivity contribution in [3.8, 4) is 0 Å². The topological polar surface area (TPSA) is 41.1 Å². The van der Waals surface area contributed by atoms with E-state index in [4.69, 9.17) is 0 Å². The lowest BCUT2D eigenvalue weighted by atomic mass is 10.0. The smallest absolute Gasteiger partial charge is 0.221 e. The number of nitrogens with one attached hydrogen (secondary N) is 2. The first-order valence-corrected chi connectivity index (χ1v) is 8.16. The zero-order valence-corrected chi connectivity index (χ0v) is 13.7. The fraction of sp³-hybridized carbons (Fsp3) is 0.611. The highest BCUT2D eigenvalue weighted by Gasteiger charge is 2.02. The van der Waals surface area contributed by atoms with Crippen LogP contribution in [0.5, 0.6) is 0 Å². The Hall–Kier alpha value is -1.35. The Kier molecular flexibility index (Phi) is 8.76. The lowest BCUT2D eigenvalue weighted by Crippen LogP contribution is -2.17. The zero-order valence-electron chi connectivity index (χ0n) is 13.7. The van der Waals surface area contributed by atoms with Crippen molar-refractivity contribution in [2.45, 2.75) is 59.4 Å². The predicted octanol–water partition coefficient (Wildman–Crippen LogP) is 4.34. The van der Waals surface area contributed by atoms with E-state index in [-0.39, 0.29) is 5.91 Å². The number of unbranched alkanes of at least 4 members (excludes halogenated alkanes) is 3. The molecule has 0 saturated carbocycles. The van der Waals surface area contributed by atoms with Crippen molar-refractivity contribution < 1.29 is 4.79 Å². The van der Waals surface area contributed by atoms with Gasteiger partial charge in [0.2, 0.25) is 5.91 Å². The van der Waals surface area contributed by atoms with Gasteiger partial charge >= 0.3 is 0 Å². The molecule has 0 fully saturated rings. The van der Waals surface area contributed by atoms with Crippen LogP contribution in [0.2, 0.25) is 0 Å². The van der Waals surface area contributed by atoms with Gasteiger partial charge < -0.3 is 10.6 Å². The van der Waals surface area contributed by atoms with E-state index in [1.54, 1.807) is 6.92 Å². The third-order valence-corrected chi connectivity index (χ3v) is 3.53. The van der Waals surface area contributed by atoms with Crippen LogP contribution in [0.3, 0.4) is 0 Å². The van der Waals surface area contributed by atoms with Crippen molar-refractivity contribution in [1.82, 2.24) is 5.32 Å². The third kappa shape index (κ3) is 8.51. The first-order chi connectivity index (χ1) is 10.1. The van der Waals surface area contributed by atoms with Crippen LogP contribution in [0.25, 0.3) is 0 Å². The molecule has 1 aromatic carbocycles. The number of carbonyl (C=O) groups is 1. The zero-order chi connectivity index (χ0) is 15.5. The monoisotopic (exact) mass is 290 g/mol. The predicted molar refractivity (Wildman–Crippen MR) is 90.4 cm³/mol. The first kappa shape index (κ1) is 17.7. The Balaban J connectivity index is 2.16. The van der Waals surface area contributed by atoms with E-state index in [0.29, 0.717) is 0 Å². The Bertz CT molecular complexity index is 415. The SMILES string of the molecule is CC(=O)Nc1ccccc1CNCCCCCCC(C)C.